The lowest BCUT2D eigenvalue weighted by atomic mass is 10.1. The van der Waals surface area contributed by atoms with Gasteiger partial charge in [-0.2, -0.15) is 0 Å². The van der Waals surface area contributed by atoms with E-state index in [0.29, 0.717) is 22.3 Å². The minimum Gasteiger partial charge on any atom is -0.497 e. The Labute approximate surface area is 198 Å². The molecule has 0 radical (unpaired) electrons. The fourth-order valence-electron chi connectivity index (χ4n) is 4.40. The molecule has 1 aliphatic rings. The molecule has 180 valence electrons. The number of aromatic amines is 1. The summed E-state index contributed by atoms with van der Waals surface area (Å²) in [6.45, 7) is 4.68. The van der Waals surface area contributed by atoms with Gasteiger partial charge >= 0.3 is 5.97 Å². The van der Waals surface area contributed by atoms with E-state index in [2.05, 4.69) is 39.2 Å². The second-order valence-electron chi connectivity index (χ2n) is 8.30. The summed E-state index contributed by atoms with van der Waals surface area (Å²) in [4.78, 5) is 32.8. The van der Waals surface area contributed by atoms with Crippen molar-refractivity contribution in [1.82, 2.24) is 9.88 Å². The first-order valence-electron chi connectivity index (χ1n) is 11.1. The quantitative estimate of drug-likeness (QED) is 0.517. The largest absolute Gasteiger partial charge is 0.497 e. The highest BCUT2D eigenvalue weighted by Gasteiger charge is 2.26. The van der Waals surface area contributed by atoms with Crippen LogP contribution in [-0.2, 0) is 9.53 Å². The van der Waals surface area contributed by atoms with Crippen LogP contribution >= 0.6 is 0 Å². The number of esters is 1. The molecule has 0 aliphatic carbocycles. The molecule has 0 spiro atoms. The normalized spacial score (nSPS) is 16.4. The average molecular weight is 467 g/mol. The lowest BCUT2D eigenvalue weighted by Crippen LogP contribution is -2.53. The van der Waals surface area contributed by atoms with Crippen molar-refractivity contribution in [1.29, 1.82) is 0 Å². The molecule has 1 aromatic heterocycles. The third-order valence-electron chi connectivity index (χ3n) is 6.14. The van der Waals surface area contributed by atoms with Gasteiger partial charge < -0.3 is 29.4 Å². The van der Waals surface area contributed by atoms with Crippen LogP contribution in [0.25, 0.3) is 10.9 Å². The third kappa shape index (κ3) is 4.79. The first-order chi connectivity index (χ1) is 16.4. The molecule has 1 saturated heterocycles. The van der Waals surface area contributed by atoms with Gasteiger partial charge in [0.1, 0.15) is 17.2 Å². The number of hydrogen-bond acceptors (Lipinski definition) is 7. The predicted molar refractivity (Wildman–Crippen MR) is 131 cm³/mol. The van der Waals surface area contributed by atoms with Crippen molar-refractivity contribution in [2.24, 2.45) is 0 Å². The van der Waals surface area contributed by atoms with E-state index in [1.165, 1.54) is 7.11 Å². The number of H-pyrrole nitrogens is 1. The molecule has 1 fully saturated rings. The van der Waals surface area contributed by atoms with Crippen molar-refractivity contribution in [2.45, 2.75) is 13.0 Å². The molecule has 2 N–H and O–H groups in total. The fourth-order valence-corrected chi connectivity index (χ4v) is 4.40. The highest BCUT2D eigenvalue weighted by molar-refractivity contribution is 6.11. The number of rotatable bonds is 7. The number of benzene rings is 2. The summed E-state index contributed by atoms with van der Waals surface area (Å²) >= 11 is 0. The van der Waals surface area contributed by atoms with Gasteiger partial charge in [-0.05, 0) is 43.3 Å². The lowest BCUT2D eigenvalue weighted by molar-refractivity contribution is -0.117. The topological polar surface area (TPSA) is 96.1 Å². The van der Waals surface area contributed by atoms with Gasteiger partial charge in [-0.15, -0.1) is 0 Å². The minimum absolute atomic E-state index is 0.188. The Morgan fingerprint density at radius 1 is 1.03 bits per heavy atom. The number of nitrogens with one attached hydrogen (secondary N) is 2. The molecular formula is C25H30N4O5. The summed E-state index contributed by atoms with van der Waals surface area (Å²) in [7, 11) is 4.54. The molecule has 4 rings (SSSR count). The Balaban J connectivity index is 1.44. The van der Waals surface area contributed by atoms with Gasteiger partial charge in [-0.1, -0.05) is 0 Å². The Morgan fingerprint density at radius 2 is 1.74 bits per heavy atom. The summed E-state index contributed by atoms with van der Waals surface area (Å²) in [5.41, 5.74) is 2.43. The second kappa shape index (κ2) is 10.0. The molecular weight excluding hydrogens is 436 g/mol. The zero-order valence-corrected chi connectivity index (χ0v) is 19.9. The molecule has 1 aliphatic heterocycles. The first-order valence-corrected chi connectivity index (χ1v) is 11.1. The van der Waals surface area contributed by atoms with Crippen molar-refractivity contribution < 1.29 is 23.8 Å². The molecule has 0 saturated carbocycles. The number of nitrogens with zero attached hydrogens (tertiary/aromatic N) is 2. The number of fused-ring (bicyclic) bond motifs is 1. The van der Waals surface area contributed by atoms with E-state index in [4.69, 9.17) is 14.2 Å². The molecule has 34 heavy (non-hydrogen) atoms. The van der Waals surface area contributed by atoms with Crippen molar-refractivity contribution in [3.8, 4) is 11.5 Å². The number of carbonyl (C=O) groups is 2. The molecule has 9 heteroatoms. The maximum Gasteiger partial charge on any atom is 0.356 e. The molecule has 0 unspecified atom stereocenters. The molecule has 0 bridgehead atoms. The highest BCUT2D eigenvalue weighted by atomic mass is 16.5. The molecule has 2 heterocycles. The van der Waals surface area contributed by atoms with E-state index >= 15 is 0 Å². The van der Waals surface area contributed by atoms with Gasteiger partial charge in [-0.25, -0.2) is 4.79 Å². The SMILES string of the molecule is COC(=O)c1[nH]c2cc(OC)ccc2c1NC(=O)CN1CCN(c2ccc(OC)cc2)[C@H](C)C1. The number of amides is 1. The number of aromatic nitrogens is 1. The summed E-state index contributed by atoms with van der Waals surface area (Å²) in [6.07, 6.45) is 0. The van der Waals surface area contributed by atoms with Crippen LogP contribution in [0, 0.1) is 0 Å². The fraction of sp³-hybridized carbons (Fsp3) is 0.360. The van der Waals surface area contributed by atoms with Crippen LogP contribution in [0.4, 0.5) is 11.4 Å². The zero-order chi connectivity index (χ0) is 24.2. The van der Waals surface area contributed by atoms with Gasteiger partial charge in [0, 0.05) is 42.8 Å². The number of hydrogen-bond donors (Lipinski definition) is 2. The van der Waals surface area contributed by atoms with Gasteiger partial charge in [0.05, 0.1) is 39.1 Å². The number of ether oxygens (including phenoxy) is 3. The maximum atomic E-state index is 13.0. The molecule has 1 amide bonds. The standard InChI is InChI=1S/C25H30N4O5/c1-16-14-28(11-12-29(16)17-5-7-18(32-2)8-6-17)15-22(30)27-23-20-10-9-19(33-3)13-21(20)26-24(23)25(31)34-4/h5-10,13,16,26H,11-12,14-15H2,1-4H3,(H,27,30)/t16-/m1/s1. The van der Waals surface area contributed by atoms with Gasteiger partial charge in [0.25, 0.3) is 0 Å². The smallest absolute Gasteiger partial charge is 0.356 e. The molecule has 9 nitrogen and oxygen atoms in total. The Morgan fingerprint density at radius 3 is 2.38 bits per heavy atom. The second-order valence-corrected chi connectivity index (χ2v) is 8.30. The van der Waals surface area contributed by atoms with Crippen molar-refractivity contribution >= 4 is 34.2 Å². The Kier molecular flexibility index (Phi) is 6.93. The summed E-state index contributed by atoms with van der Waals surface area (Å²) in [5.74, 6) is 0.736. The monoisotopic (exact) mass is 466 g/mol. The van der Waals surface area contributed by atoms with E-state index < -0.39 is 5.97 Å². The first kappa shape index (κ1) is 23.4. The van der Waals surface area contributed by atoms with Gasteiger partial charge in [0.2, 0.25) is 5.91 Å². The average Bonchev–Trinajstić information content (AvgIpc) is 3.21. The van der Waals surface area contributed by atoms with Crippen LogP contribution in [0.15, 0.2) is 42.5 Å². The van der Waals surface area contributed by atoms with Crippen molar-refractivity contribution in [3.05, 3.63) is 48.2 Å². The van der Waals surface area contributed by atoms with E-state index in [0.717, 1.165) is 31.1 Å². The van der Waals surface area contributed by atoms with E-state index in [-0.39, 0.29) is 24.2 Å². The van der Waals surface area contributed by atoms with Crippen LogP contribution in [0.1, 0.15) is 17.4 Å². The zero-order valence-electron chi connectivity index (χ0n) is 19.9. The number of methoxy groups -OCH3 is 3. The Hall–Kier alpha value is -3.72. The van der Waals surface area contributed by atoms with Crippen LogP contribution in [0.3, 0.4) is 0 Å². The van der Waals surface area contributed by atoms with Crippen LogP contribution in [0.2, 0.25) is 0 Å². The van der Waals surface area contributed by atoms with Crippen LogP contribution < -0.4 is 19.7 Å². The number of anilines is 2. The number of piperazine rings is 1. The Bertz CT molecular complexity index is 1170. The van der Waals surface area contributed by atoms with Gasteiger partial charge in [0.15, 0.2) is 0 Å². The predicted octanol–water partition coefficient (Wildman–Crippen LogP) is 3.12. The van der Waals surface area contributed by atoms with E-state index in [1.54, 1.807) is 26.4 Å². The maximum absolute atomic E-state index is 13.0. The number of carbonyl (C=O) groups excluding carboxylic acids is 2. The summed E-state index contributed by atoms with van der Waals surface area (Å²) < 4.78 is 15.4. The van der Waals surface area contributed by atoms with Crippen molar-refractivity contribution in [2.75, 3.05) is 57.7 Å². The molecule has 3 aromatic rings. The molecule has 1 atom stereocenters. The molecule has 2 aromatic carbocycles. The third-order valence-corrected chi connectivity index (χ3v) is 6.14. The summed E-state index contributed by atoms with van der Waals surface area (Å²) in [6, 6.07) is 13.6. The highest BCUT2D eigenvalue weighted by Crippen LogP contribution is 2.31. The van der Waals surface area contributed by atoms with Crippen molar-refractivity contribution in [3.63, 3.8) is 0 Å². The van der Waals surface area contributed by atoms with E-state index in [1.807, 2.05) is 18.2 Å². The minimum atomic E-state index is -0.549. The van der Waals surface area contributed by atoms with Crippen LogP contribution in [0.5, 0.6) is 11.5 Å². The van der Waals surface area contributed by atoms with E-state index in [9.17, 15) is 9.59 Å². The lowest BCUT2D eigenvalue weighted by Gasteiger charge is -2.41. The van der Waals surface area contributed by atoms with Gasteiger partial charge in [-0.3, -0.25) is 9.69 Å². The van der Waals surface area contributed by atoms with Crippen LogP contribution in [-0.4, -0.2) is 75.3 Å². The summed E-state index contributed by atoms with van der Waals surface area (Å²) in [5, 5.41) is 3.64.